The van der Waals surface area contributed by atoms with E-state index in [-0.39, 0.29) is 0 Å². The standard InChI is InChI=1S/C17H28/c1-7-16-14(4)15(10-8-9-13(2)3)11-12-17(16,5)6/h8-10,13H,7,11-12H2,1-6H3/b9-8+,15-10+. The lowest BCUT2D eigenvalue weighted by Crippen LogP contribution is -2.21. The molecule has 0 aromatic rings. The summed E-state index contributed by atoms with van der Waals surface area (Å²) in [4.78, 5) is 0. The molecular weight excluding hydrogens is 204 g/mol. The monoisotopic (exact) mass is 232 g/mol. The number of hydrogen-bond acceptors (Lipinski definition) is 0. The second kappa shape index (κ2) is 5.71. The van der Waals surface area contributed by atoms with Gasteiger partial charge in [-0.05, 0) is 48.7 Å². The highest BCUT2D eigenvalue weighted by Crippen LogP contribution is 2.43. The molecule has 1 aliphatic rings. The Bertz CT molecular complexity index is 348. The van der Waals surface area contributed by atoms with Crippen molar-refractivity contribution in [1.29, 1.82) is 0 Å². The van der Waals surface area contributed by atoms with Crippen LogP contribution in [0.1, 0.15) is 60.8 Å². The first kappa shape index (κ1) is 14.3. The lowest BCUT2D eigenvalue weighted by atomic mass is 9.70. The topological polar surface area (TPSA) is 0 Å². The van der Waals surface area contributed by atoms with E-state index in [9.17, 15) is 0 Å². The molecule has 0 spiro atoms. The van der Waals surface area contributed by atoms with Gasteiger partial charge in [-0.3, -0.25) is 0 Å². The normalized spacial score (nSPS) is 23.1. The molecule has 17 heavy (non-hydrogen) atoms. The van der Waals surface area contributed by atoms with Crippen LogP contribution in [0.25, 0.3) is 0 Å². The van der Waals surface area contributed by atoms with E-state index in [0.717, 1.165) is 0 Å². The van der Waals surface area contributed by atoms with Crippen LogP contribution in [0.5, 0.6) is 0 Å². The summed E-state index contributed by atoms with van der Waals surface area (Å²) in [5.74, 6) is 0.641. The minimum absolute atomic E-state index is 0.401. The minimum atomic E-state index is 0.401. The molecule has 0 N–H and O–H groups in total. The second-order valence-corrected chi connectivity index (χ2v) is 6.16. The molecule has 0 amide bonds. The van der Waals surface area contributed by atoms with Crippen LogP contribution < -0.4 is 0 Å². The fourth-order valence-electron chi connectivity index (χ4n) is 2.83. The first-order valence-electron chi connectivity index (χ1n) is 6.96. The maximum atomic E-state index is 2.38. The van der Waals surface area contributed by atoms with Crippen molar-refractivity contribution in [2.24, 2.45) is 11.3 Å². The molecule has 1 rings (SSSR count). The molecule has 0 fully saturated rings. The molecule has 0 aromatic carbocycles. The summed E-state index contributed by atoms with van der Waals surface area (Å²) < 4.78 is 0. The van der Waals surface area contributed by atoms with E-state index in [1.807, 2.05) is 0 Å². The quantitative estimate of drug-likeness (QED) is 0.588. The Kier molecular flexibility index (Phi) is 4.80. The third kappa shape index (κ3) is 3.59. The lowest BCUT2D eigenvalue weighted by Gasteiger charge is -2.35. The van der Waals surface area contributed by atoms with E-state index < -0.39 is 0 Å². The van der Waals surface area contributed by atoms with Crippen molar-refractivity contribution < 1.29 is 0 Å². The molecule has 96 valence electrons. The zero-order chi connectivity index (χ0) is 13.1. The lowest BCUT2D eigenvalue weighted by molar-refractivity contribution is 0.380. The summed E-state index contributed by atoms with van der Waals surface area (Å²) in [6.45, 7) is 13.8. The van der Waals surface area contributed by atoms with E-state index in [2.05, 4.69) is 59.8 Å². The van der Waals surface area contributed by atoms with Gasteiger partial charge in [0, 0.05) is 0 Å². The Labute approximate surface area is 108 Å². The van der Waals surface area contributed by atoms with Gasteiger partial charge in [-0.25, -0.2) is 0 Å². The van der Waals surface area contributed by atoms with Gasteiger partial charge in [0.15, 0.2) is 0 Å². The molecule has 0 saturated heterocycles. The average molecular weight is 232 g/mol. The number of rotatable bonds is 3. The van der Waals surface area contributed by atoms with Crippen LogP contribution in [-0.2, 0) is 0 Å². The van der Waals surface area contributed by atoms with Crippen LogP contribution in [0.2, 0.25) is 0 Å². The van der Waals surface area contributed by atoms with Gasteiger partial charge in [-0.1, -0.05) is 58.4 Å². The molecule has 0 bridgehead atoms. The van der Waals surface area contributed by atoms with Gasteiger partial charge in [0.1, 0.15) is 0 Å². The molecule has 0 aliphatic heterocycles. The van der Waals surface area contributed by atoms with Gasteiger partial charge in [0.2, 0.25) is 0 Å². The third-order valence-corrected chi connectivity index (χ3v) is 3.92. The molecule has 0 aromatic heterocycles. The van der Waals surface area contributed by atoms with Crippen molar-refractivity contribution in [2.45, 2.75) is 60.8 Å². The second-order valence-electron chi connectivity index (χ2n) is 6.16. The highest BCUT2D eigenvalue weighted by molar-refractivity contribution is 5.41. The SMILES string of the molecule is CCC1=C(C)/C(=C/C=C/C(C)C)CCC1(C)C. The summed E-state index contributed by atoms with van der Waals surface area (Å²) >= 11 is 0. The fraction of sp³-hybridized carbons (Fsp3) is 0.647. The zero-order valence-corrected chi connectivity index (χ0v) is 12.4. The summed E-state index contributed by atoms with van der Waals surface area (Å²) in [7, 11) is 0. The molecule has 0 nitrogen and oxygen atoms in total. The van der Waals surface area contributed by atoms with Crippen LogP contribution in [0.4, 0.5) is 0 Å². The van der Waals surface area contributed by atoms with Crippen LogP contribution >= 0.6 is 0 Å². The summed E-state index contributed by atoms with van der Waals surface area (Å²) in [6.07, 6.45) is 10.5. The van der Waals surface area contributed by atoms with E-state index in [1.54, 1.807) is 5.57 Å². The average Bonchev–Trinajstić information content (AvgIpc) is 2.21. The van der Waals surface area contributed by atoms with Crippen molar-refractivity contribution in [3.63, 3.8) is 0 Å². The molecule has 1 aliphatic carbocycles. The number of allylic oxidation sites excluding steroid dienone is 6. The van der Waals surface area contributed by atoms with E-state index in [1.165, 1.54) is 30.4 Å². The van der Waals surface area contributed by atoms with Crippen LogP contribution in [0.15, 0.2) is 34.9 Å². The first-order chi connectivity index (χ1) is 7.88. The Morgan fingerprint density at radius 1 is 1.29 bits per heavy atom. The van der Waals surface area contributed by atoms with Crippen LogP contribution in [-0.4, -0.2) is 0 Å². The molecule has 0 saturated carbocycles. The van der Waals surface area contributed by atoms with Crippen molar-refractivity contribution in [3.8, 4) is 0 Å². The van der Waals surface area contributed by atoms with E-state index >= 15 is 0 Å². The Morgan fingerprint density at radius 3 is 2.47 bits per heavy atom. The predicted molar refractivity (Wildman–Crippen MR) is 78.1 cm³/mol. The van der Waals surface area contributed by atoms with Crippen LogP contribution in [0.3, 0.4) is 0 Å². The molecular formula is C17H28. The maximum absolute atomic E-state index is 2.38. The molecule has 0 heteroatoms. The summed E-state index contributed by atoms with van der Waals surface area (Å²) in [5, 5.41) is 0. The first-order valence-corrected chi connectivity index (χ1v) is 6.96. The van der Waals surface area contributed by atoms with Gasteiger partial charge in [0.05, 0.1) is 0 Å². The van der Waals surface area contributed by atoms with Crippen molar-refractivity contribution >= 4 is 0 Å². The number of hydrogen-bond donors (Lipinski definition) is 0. The van der Waals surface area contributed by atoms with Gasteiger partial charge in [-0.2, -0.15) is 0 Å². The Balaban J connectivity index is 2.98. The molecule has 0 atom stereocenters. The molecule has 0 heterocycles. The predicted octanol–water partition coefficient (Wildman–Crippen LogP) is 5.67. The third-order valence-electron chi connectivity index (χ3n) is 3.92. The van der Waals surface area contributed by atoms with Gasteiger partial charge < -0.3 is 0 Å². The van der Waals surface area contributed by atoms with Crippen molar-refractivity contribution in [3.05, 3.63) is 34.9 Å². The van der Waals surface area contributed by atoms with Gasteiger partial charge in [0.25, 0.3) is 0 Å². The molecule has 0 unspecified atom stereocenters. The van der Waals surface area contributed by atoms with Crippen molar-refractivity contribution in [1.82, 2.24) is 0 Å². The highest BCUT2D eigenvalue weighted by atomic mass is 14.3. The molecule has 0 radical (unpaired) electrons. The highest BCUT2D eigenvalue weighted by Gasteiger charge is 2.28. The summed E-state index contributed by atoms with van der Waals surface area (Å²) in [6, 6.07) is 0. The Morgan fingerprint density at radius 2 is 1.94 bits per heavy atom. The zero-order valence-electron chi connectivity index (χ0n) is 12.4. The minimum Gasteiger partial charge on any atom is -0.0820 e. The summed E-state index contributed by atoms with van der Waals surface area (Å²) in [5.41, 5.74) is 5.13. The van der Waals surface area contributed by atoms with Crippen molar-refractivity contribution in [2.75, 3.05) is 0 Å². The van der Waals surface area contributed by atoms with E-state index in [4.69, 9.17) is 0 Å². The fourth-order valence-corrected chi connectivity index (χ4v) is 2.83. The van der Waals surface area contributed by atoms with E-state index in [0.29, 0.717) is 11.3 Å². The smallest absolute Gasteiger partial charge is 0.0136 e. The Hall–Kier alpha value is -0.780. The van der Waals surface area contributed by atoms with Crippen LogP contribution in [0, 0.1) is 11.3 Å². The van der Waals surface area contributed by atoms with Gasteiger partial charge in [-0.15, -0.1) is 0 Å². The van der Waals surface area contributed by atoms with Gasteiger partial charge >= 0.3 is 0 Å². The maximum Gasteiger partial charge on any atom is -0.0136 e. The largest absolute Gasteiger partial charge is 0.0820 e.